The van der Waals surface area contributed by atoms with Gasteiger partial charge in [-0.1, -0.05) is 40.2 Å². The number of pyridine rings is 1. The first-order valence-electron chi connectivity index (χ1n) is 7.99. The van der Waals surface area contributed by atoms with Gasteiger partial charge < -0.3 is 9.47 Å². The van der Waals surface area contributed by atoms with Crippen molar-refractivity contribution in [1.29, 1.82) is 0 Å². The van der Waals surface area contributed by atoms with E-state index in [1.807, 2.05) is 31.2 Å². The molecule has 0 aliphatic rings. The number of para-hydroxylation sites is 1. The number of fused-ring (bicyclic) bond motifs is 1. The molecule has 2 aromatic carbocycles. The highest BCUT2D eigenvalue weighted by molar-refractivity contribution is 9.10. The molecule has 0 aliphatic heterocycles. The van der Waals surface area contributed by atoms with Crippen molar-refractivity contribution >= 4 is 32.8 Å². The summed E-state index contributed by atoms with van der Waals surface area (Å²) < 4.78 is 24.4. The molecule has 1 heterocycles. The molecule has 0 aliphatic carbocycles. The average Bonchev–Trinajstić information content (AvgIpc) is 2.61. The van der Waals surface area contributed by atoms with Gasteiger partial charge in [0.2, 0.25) is 0 Å². The van der Waals surface area contributed by atoms with E-state index in [9.17, 15) is 9.18 Å². The van der Waals surface area contributed by atoms with Crippen LogP contribution in [0.4, 0.5) is 4.39 Å². The minimum Gasteiger partial charge on any atom is -0.457 e. The maximum atomic E-state index is 13.2. The Labute approximate surface area is 159 Å². The van der Waals surface area contributed by atoms with Gasteiger partial charge in [-0.3, -0.25) is 0 Å². The average molecular weight is 418 g/mol. The van der Waals surface area contributed by atoms with E-state index < -0.39 is 5.97 Å². The Morgan fingerprint density at radius 1 is 1.19 bits per heavy atom. The molecule has 0 saturated carbocycles. The number of aromatic nitrogens is 1. The van der Waals surface area contributed by atoms with Crippen molar-refractivity contribution in [2.24, 2.45) is 0 Å². The molecule has 3 rings (SSSR count). The number of halogens is 2. The molecule has 134 valence electrons. The zero-order valence-electron chi connectivity index (χ0n) is 14.4. The molecule has 0 amide bonds. The highest BCUT2D eigenvalue weighted by Crippen LogP contribution is 2.25. The van der Waals surface area contributed by atoms with Gasteiger partial charge >= 0.3 is 5.97 Å². The van der Waals surface area contributed by atoms with Crippen molar-refractivity contribution < 1.29 is 18.7 Å². The number of rotatable bonds is 5. The second-order valence-corrected chi connectivity index (χ2v) is 6.67. The minimum atomic E-state index is -0.482. The quantitative estimate of drug-likeness (QED) is 0.551. The van der Waals surface area contributed by atoms with E-state index in [0.29, 0.717) is 21.3 Å². The van der Waals surface area contributed by atoms with Crippen LogP contribution in [0.3, 0.4) is 0 Å². The minimum absolute atomic E-state index is 0.0262. The predicted molar refractivity (Wildman–Crippen MR) is 100 cm³/mol. The predicted octanol–water partition coefficient (Wildman–Crippen LogP) is 4.95. The first kappa shape index (κ1) is 18.5. The van der Waals surface area contributed by atoms with E-state index in [2.05, 4.69) is 20.9 Å². The lowest BCUT2D eigenvalue weighted by Crippen LogP contribution is -2.13. The van der Waals surface area contributed by atoms with Crippen LogP contribution in [-0.2, 0) is 22.7 Å². The molecule has 4 nitrogen and oxygen atoms in total. The monoisotopic (exact) mass is 417 g/mol. The van der Waals surface area contributed by atoms with Crippen molar-refractivity contribution in [3.8, 4) is 0 Å². The summed E-state index contributed by atoms with van der Waals surface area (Å²) in [4.78, 5) is 17.3. The number of ether oxygens (including phenoxy) is 2. The van der Waals surface area contributed by atoms with Gasteiger partial charge in [-0.2, -0.15) is 0 Å². The molecule has 0 atom stereocenters. The van der Waals surface area contributed by atoms with Crippen LogP contribution < -0.4 is 0 Å². The number of hydrogen-bond donors (Lipinski definition) is 0. The summed E-state index contributed by atoms with van der Waals surface area (Å²) in [5.74, 6) is -0.840. The van der Waals surface area contributed by atoms with Crippen LogP contribution in [0.25, 0.3) is 10.9 Å². The lowest BCUT2D eigenvalue weighted by molar-refractivity contribution is 0.0465. The van der Waals surface area contributed by atoms with Gasteiger partial charge in [0.05, 0.1) is 23.4 Å². The summed E-state index contributed by atoms with van der Waals surface area (Å²) in [6.45, 7) is 2.10. The van der Waals surface area contributed by atoms with Crippen molar-refractivity contribution in [2.45, 2.75) is 20.1 Å². The topological polar surface area (TPSA) is 48.4 Å². The molecule has 26 heavy (non-hydrogen) atoms. The van der Waals surface area contributed by atoms with Gasteiger partial charge in [0, 0.05) is 22.5 Å². The van der Waals surface area contributed by atoms with Crippen LogP contribution in [-0.4, -0.2) is 18.1 Å². The lowest BCUT2D eigenvalue weighted by Gasteiger charge is -2.14. The first-order chi connectivity index (χ1) is 12.5. The van der Waals surface area contributed by atoms with E-state index in [0.717, 1.165) is 16.5 Å². The number of carbonyl (C=O) groups is 1. The Bertz CT molecular complexity index is 975. The third kappa shape index (κ3) is 3.76. The Balaban J connectivity index is 1.93. The molecule has 0 radical (unpaired) electrons. The van der Waals surface area contributed by atoms with Crippen LogP contribution in [0, 0.1) is 12.7 Å². The van der Waals surface area contributed by atoms with E-state index in [-0.39, 0.29) is 19.0 Å². The highest BCUT2D eigenvalue weighted by atomic mass is 79.9. The molecular weight excluding hydrogens is 401 g/mol. The lowest BCUT2D eigenvalue weighted by atomic mass is 10.0. The number of esters is 1. The summed E-state index contributed by atoms with van der Waals surface area (Å²) >= 11 is 3.28. The normalized spacial score (nSPS) is 10.9. The molecule has 0 fully saturated rings. The molecule has 6 heteroatoms. The van der Waals surface area contributed by atoms with Gasteiger partial charge in [0.25, 0.3) is 0 Å². The fourth-order valence-corrected chi connectivity index (χ4v) is 3.27. The Hall–Kier alpha value is -2.31. The Morgan fingerprint density at radius 2 is 1.96 bits per heavy atom. The fourth-order valence-electron chi connectivity index (χ4n) is 2.81. The highest BCUT2D eigenvalue weighted by Gasteiger charge is 2.20. The van der Waals surface area contributed by atoms with Crippen molar-refractivity contribution in [1.82, 2.24) is 4.98 Å². The van der Waals surface area contributed by atoms with Crippen molar-refractivity contribution in [3.63, 3.8) is 0 Å². The van der Waals surface area contributed by atoms with Gasteiger partial charge in [-0.15, -0.1) is 0 Å². The Morgan fingerprint density at radius 3 is 2.69 bits per heavy atom. The molecule has 0 spiro atoms. The van der Waals surface area contributed by atoms with Gasteiger partial charge in [-0.05, 0) is 30.7 Å². The number of carbonyl (C=O) groups excluding carboxylic acids is 1. The van der Waals surface area contributed by atoms with Gasteiger partial charge in [0.1, 0.15) is 12.4 Å². The van der Waals surface area contributed by atoms with E-state index >= 15 is 0 Å². The van der Waals surface area contributed by atoms with E-state index in [1.54, 1.807) is 13.2 Å². The maximum absolute atomic E-state index is 13.2. The standard InChI is InChI=1S/C20H17BrFNO3/c1-12-15-5-3-4-6-17(15)23-18(11-25-2)19(12)20(24)26-10-13-7-8-14(22)9-16(13)21/h3-9H,10-11H2,1-2H3. The molecule has 0 N–H and O–H groups in total. The molecule has 0 bridgehead atoms. The second kappa shape index (κ2) is 7.93. The Kier molecular flexibility index (Phi) is 5.64. The van der Waals surface area contributed by atoms with Crippen LogP contribution in [0.15, 0.2) is 46.9 Å². The largest absolute Gasteiger partial charge is 0.457 e. The smallest absolute Gasteiger partial charge is 0.340 e. The van der Waals surface area contributed by atoms with Gasteiger partial charge in [-0.25, -0.2) is 14.2 Å². The maximum Gasteiger partial charge on any atom is 0.340 e. The van der Waals surface area contributed by atoms with E-state index in [4.69, 9.17) is 9.47 Å². The summed E-state index contributed by atoms with van der Waals surface area (Å²) in [6.07, 6.45) is 0. The molecule has 0 saturated heterocycles. The summed E-state index contributed by atoms with van der Waals surface area (Å²) in [6, 6.07) is 11.9. The summed E-state index contributed by atoms with van der Waals surface area (Å²) in [7, 11) is 1.55. The number of aryl methyl sites for hydroxylation is 1. The van der Waals surface area contributed by atoms with Crippen LogP contribution >= 0.6 is 15.9 Å². The SMILES string of the molecule is COCc1nc2ccccc2c(C)c1C(=O)OCc1ccc(F)cc1Br. The number of methoxy groups -OCH3 is 1. The zero-order valence-corrected chi connectivity index (χ0v) is 16.0. The zero-order chi connectivity index (χ0) is 18.7. The van der Waals surface area contributed by atoms with Crippen molar-refractivity contribution in [2.75, 3.05) is 7.11 Å². The van der Waals surface area contributed by atoms with E-state index in [1.165, 1.54) is 12.1 Å². The van der Waals surface area contributed by atoms with Crippen LogP contribution in [0.2, 0.25) is 0 Å². The van der Waals surface area contributed by atoms with Gasteiger partial charge in [0.15, 0.2) is 0 Å². The molecular formula is C20H17BrFNO3. The second-order valence-electron chi connectivity index (χ2n) is 5.82. The number of benzene rings is 2. The third-order valence-electron chi connectivity index (χ3n) is 4.09. The summed E-state index contributed by atoms with van der Waals surface area (Å²) in [5, 5.41) is 0.891. The molecule has 1 aromatic heterocycles. The third-order valence-corrected chi connectivity index (χ3v) is 4.82. The first-order valence-corrected chi connectivity index (χ1v) is 8.78. The summed E-state index contributed by atoms with van der Waals surface area (Å²) in [5.41, 5.74) is 3.22. The number of hydrogen-bond acceptors (Lipinski definition) is 4. The fraction of sp³-hybridized carbons (Fsp3) is 0.200. The van der Waals surface area contributed by atoms with Crippen LogP contribution in [0.5, 0.6) is 0 Å². The van der Waals surface area contributed by atoms with Crippen LogP contribution in [0.1, 0.15) is 27.2 Å². The molecule has 3 aromatic rings. The molecule has 0 unspecified atom stereocenters. The number of nitrogens with zero attached hydrogens (tertiary/aromatic N) is 1. The van der Waals surface area contributed by atoms with Crippen molar-refractivity contribution in [3.05, 3.63) is 75.1 Å².